The van der Waals surface area contributed by atoms with E-state index < -0.39 is 39.5 Å². The fourth-order valence-electron chi connectivity index (χ4n) is 5.32. The maximum atomic E-state index is 13.4. The summed E-state index contributed by atoms with van der Waals surface area (Å²) in [5.41, 5.74) is -0.515. The van der Waals surface area contributed by atoms with Crippen molar-refractivity contribution in [2.75, 3.05) is 32.1 Å². The summed E-state index contributed by atoms with van der Waals surface area (Å²) in [6.45, 7) is -1.14. The first-order valence-corrected chi connectivity index (χ1v) is 16.8. The fourth-order valence-corrected chi connectivity index (χ4v) is 6.38. The minimum atomic E-state index is -4.08. The van der Waals surface area contributed by atoms with E-state index in [4.69, 9.17) is 14.6 Å². The second-order valence-electron chi connectivity index (χ2n) is 11.2. The first kappa shape index (κ1) is 34.1. The summed E-state index contributed by atoms with van der Waals surface area (Å²) in [7, 11) is -4.08. The van der Waals surface area contributed by atoms with E-state index in [0.29, 0.717) is 5.56 Å². The SMILES string of the molecule is O=C(O)N(CCOC1(C(=O)NS(=O)(=O)CCCO)C=CC(c2cccc(OC3CCCCC3)c2)C=C1)C[C@H](O)c1cccnc1. The zero-order valence-electron chi connectivity index (χ0n) is 25.0. The summed E-state index contributed by atoms with van der Waals surface area (Å²) in [5, 5.41) is 29.3. The van der Waals surface area contributed by atoms with Crippen LogP contribution in [0.4, 0.5) is 4.79 Å². The van der Waals surface area contributed by atoms with Gasteiger partial charge >= 0.3 is 6.09 Å². The molecule has 2 aromatic rings. The quantitative estimate of drug-likeness (QED) is 0.211. The lowest BCUT2D eigenvalue weighted by atomic mass is 9.87. The predicted molar refractivity (Wildman–Crippen MR) is 166 cm³/mol. The van der Waals surface area contributed by atoms with Crippen LogP contribution in [-0.4, -0.2) is 89.4 Å². The molecule has 2 aliphatic rings. The first-order chi connectivity index (χ1) is 21.6. The molecule has 13 heteroatoms. The Morgan fingerprint density at radius 1 is 1.11 bits per heavy atom. The number of rotatable bonds is 15. The number of amides is 2. The lowest BCUT2D eigenvalue weighted by Gasteiger charge is -2.31. The number of allylic oxidation sites excluding steroid dienone is 2. The molecule has 1 fully saturated rings. The molecule has 12 nitrogen and oxygen atoms in total. The van der Waals surface area contributed by atoms with Gasteiger partial charge in [0.05, 0.1) is 31.1 Å². The second kappa shape index (κ2) is 16.0. The molecule has 4 N–H and O–H groups in total. The zero-order valence-corrected chi connectivity index (χ0v) is 25.8. The highest BCUT2D eigenvalue weighted by molar-refractivity contribution is 7.90. The van der Waals surface area contributed by atoms with Crippen molar-refractivity contribution in [1.29, 1.82) is 0 Å². The number of aromatic nitrogens is 1. The fraction of sp³-hybridized carbons (Fsp3) is 0.469. The van der Waals surface area contributed by atoms with E-state index in [1.54, 1.807) is 24.3 Å². The summed E-state index contributed by atoms with van der Waals surface area (Å²) in [5.74, 6) is -0.948. The molecule has 1 atom stereocenters. The lowest BCUT2D eigenvalue weighted by Crippen LogP contribution is -2.50. The van der Waals surface area contributed by atoms with Gasteiger partial charge in [-0.2, -0.15) is 0 Å². The van der Waals surface area contributed by atoms with Crippen molar-refractivity contribution in [2.24, 2.45) is 0 Å². The third-order valence-electron chi connectivity index (χ3n) is 7.81. The summed E-state index contributed by atoms with van der Waals surface area (Å²) in [4.78, 5) is 30.2. The number of aliphatic hydroxyl groups is 2. The van der Waals surface area contributed by atoms with Crippen LogP contribution in [0.3, 0.4) is 0 Å². The van der Waals surface area contributed by atoms with Crippen LogP contribution in [0.25, 0.3) is 0 Å². The number of hydrogen-bond acceptors (Lipinski definition) is 9. The van der Waals surface area contributed by atoms with Crippen molar-refractivity contribution in [3.8, 4) is 5.75 Å². The number of hydrogen-bond donors (Lipinski definition) is 4. The van der Waals surface area contributed by atoms with Gasteiger partial charge in [0.2, 0.25) is 10.0 Å². The Labute approximate surface area is 263 Å². The van der Waals surface area contributed by atoms with Crippen LogP contribution in [0, 0.1) is 0 Å². The summed E-state index contributed by atoms with van der Waals surface area (Å²) < 4.78 is 39.2. The molecule has 1 heterocycles. The van der Waals surface area contributed by atoms with Crippen molar-refractivity contribution < 1.29 is 42.8 Å². The largest absolute Gasteiger partial charge is 0.490 e. The smallest absolute Gasteiger partial charge is 0.407 e. The Morgan fingerprint density at radius 2 is 1.87 bits per heavy atom. The molecule has 45 heavy (non-hydrogen) atoms. The van der Waals surface area contributed by atoms with E-state index in [1.807, 2.05) is 29.0 Å². The monoisotopic (exact) mass is 643 g/mol. The molecule has 1 saturated carbocycles. The number of pyridine rings is 1. The van der Waals surface area contributed by atoms with Crippen LogP contribution in [0.2, 0.25) is 0 Å². The number of aliphatic hydroxyl groups excluding tert-OH is 2. The Bertz CT molecular complexity index is 1430. The molecular formula is C32H41N3O9S. The third-order valence-corrected chi connectivity index (χ3v) is 9.13. The number of sulfonamides is 1. The van der Waals surface area contributed by atoms with Gasteiger partial charge in [-0.05, 0) is 68.0 Å². The Morgan fingerprint density at radius 3 is 2.53 bits per heavy atom. The number of carboxylic acid groups (broad SMARTS) is 1. The predicted octanol–water partition coefficient (Wildman–Crippen LogP) is 3.30. The van der Waals surface area contributed by atoms with E-state index in [1.165, 1.54) is 31.0 Å². The van der Waals surface area contributed by atoms with E-state index in [-0.39, 0.29) is 44.7 Å². The number of ether oxygens (including phenoxy) is 2. The highest BCUT2D eigenvalue weighted by atomic mass is 32.2. The Balaban J connectivity index is 1.48. The van der Waals surface area contributed by atoms with E-state index >= 15 is 0 Å². The maximum Gasteiger partial charge on any atom is 0.407 e. The molecule has 0 aliphatic heterocycles. The first-order valence-electron chi connectivity index (χ1n) is 15.1. The van der Waals surface area contributed by atoms with Crippen molar-refractivity contribution in [3.05, 3.63) is 84.2 Å². The highest BCUT2D eigenvalue weighted by Gasteiger charge is 2.39. The number of carbonyl (C=O) groups is 2. The molecule has 2 amide bonds. The van der Waals surface area contributed by atoms with Crippen LogP contribution in [0.1, 0.15) is 61.7 Å². The van der Waals surface area contributed by atoms with Crippen molar-refractivity contribution in [1.82, 2.24) is 14.6 Å². The zero-order chi connectivity index (χ0) is 32.3. The molecular weight excluding hydrogens is 602 g/mol. The standard InChI is InChI=1S/C32H41N3O9S/c36-18-6-20-45(41,42)34-30(38)32(43-19-17-35(31(39)40)23-29(37)26-8-5-16-33-22-26)14-12-24(13-15-32)25-7-4-11-28(21-25)44-27-9-2-1-3-10-27/h4-5,7-8,11-16,21-22,24,27,29,36-37H,1-3,6,9-10,17-20,23H2,(H,34,38)(H,39,40)/t24?,29-,32?/m0/s1. The topological polar surface area (TPSA) is 176 Å². The minimum absolute atomic E-state index is 0.0592. The molecule has 1 aromatic heterocycles. The van der Waals surface area contributed by atoms with Crippen LogP contribution in [0.15, 0.2) is 73.1 Å². The molecule has 4 rings (SSSR count). The van der Waals surface area contributed by atoms with Gasteiger partial charge in [-0.3, -0.25) is 9.78 Å². The van der Waals surface area contributed by atoms with Gasteiger partial charge in [0.1, 0.15) is 5.75 Å². The Kier molecular flexibility index (Phi) is 12.1. The molecule has 0 spiro atoms. The molecule has 0 bridgehead atoms. The van der Waals surface area contributed by atoms with Crippen LogP contribution >= 0.6 is 0 Å². The average molecular weight is 644 g/mol. The summed E-state index contributed by atoms with van der Waals surface area (Å²) in [6, 6.07) is 10.9. The van der Waals surface area contributed by atoms with Gasteiger partial charge in [-0.25, -0.2) is 17.9 Å². The number of nitrogens with zero attached hydrogens (tertiary/aromatic N) is 2. The molecule has 1 aromatic carbocycles. The summed E-state index contributed by atoms with van der Waals surface area (Å²) >= 11 is 0. The van der Waals surface area contributed by atoms with Crippen molar-refractivity contribution in [3.63, 3.8) is 0 Å². The number of nitrogens with one attached hydrogen (secondary N) is 1. The van der Waals surface area contributed by atoms with Gasteiger partial charge in [0.15, 0.2) is 5.60 Å². The van der Waals surface area contributed by atoms with Gasteiger partial charge in [0.25, 0.3) is 5.91 Å². The number of carbonyl (C=O) groups excluding carboxylic acids is 1. The van der Waals surface area contributed by atoms with E-state index in [2.05, 4.69) is 4.98 Å². The van der Waals surface area contributed by atoms with Crippen molar-refractivity contribution in [2.45, 2.75) is 62.3 Å². The van der Waals surface area contributed by atoms with Gasteiger partial charge in [0, 0.05) is 37.0 Å². The second-order valence-corrected chi connectivity index (χ2v) is 13.0. The van der Waals surface area contributed by atoms with Gasteiger partial charge < -0.3 is 29.7 Å². The van der Waals surface area contributed by atoms with Crippen molar-refractivity contribution >= 4 is 22.0 Å². The minimum Gasteiger partial charge on any atom is -0.490 e. The van der Waals surface area contributed by atoms with Gasteiger partial charge in [-0.1, -0.05) is 36.8 Å². The maximum absolute atomic E-state index is 13.4. The van der Waals surface area contributed by atoms with Crippen LogP contribution < -0.4 is 9.46 Å². The average Bonchev–Trinajstić information content (AvgIpc) is 3.04. The normalized spacial score (nSPS) is 20.8. The third kappa shape index (κ3) is 9.85. The molecule has 0 saturated heterocycles. The van der Waals surface area contributed by atoms with Crippen LogP contribution in [0.5, 0.6) is 5.75 Å². The highest BCUT2D eigenvalue weighted by Crippen LogP contribution is 2.32. The van der Waals surface area contributed by atoms with Gasteiger partial charge in [-0.15, -0.1) is 0 Å². The summed E-state index contributed by atoms with van der Waals surface area (Å²) in [6.07, 6.45) is 12.6. The molecule has 0 unspecified atom stereocenters. The number of benzene rings is 1. The molecule has 0 radical (unpaired) electrons. The molecule has 2 aliphatic carbocycles. The Hall–Kier alpha value is -3.78. The van der Waals surface area contributed by atoms with Crippen LogP contribution in [-0.2, 0) is 19.6 Å². The lowest BCUT2D eigenvalue weighted by molar-refractivity contribution is -0.134. The van der Waals surface area contributed by atoms with E-state index in [9.17, 15) is 28.2 Å². The van der Waals surface area contributed by atoms with E-state index in [0.717, 1.165) is 41.9 Å². The molecule has 244 valence electrons.